The molecule has 15 heteroatoms. The summed E-state index contributed by atoms with van der Waals surface area (Å²) in [6.07, 6.45) is -4.95. The molecule has 0 spiro atoms. The van der Waals surface area contributed by atoms with Gasteiger partial charge in [-0.05, 0) is 44.3 Å². The van der Waals surface area contributed by atoms with Gasteiger partial charge in [-0.15, -0.1) is 5.10 Å². The molecule has 0 saturated carbocycles. The highest BCUT2D eigenvalue weighted by Crippen LogP contribution is 2.35. The van der Waals surface area contributed by atoms with Gasteiger partial charge in [-0.3, -0.25) is 23.7 Å². The molecule has 2 heterocycles. The summed E-state index contributed by atoms with van der Waals surface area (Å²) in [7, 11) is 0. The third kappa shape index (κ3) is 7.04. The van der Waals surface area contributed by atoms with Crippen LogP contribution < -0.4 is 5.32 Å². The van der Waals surface area contributed by atoms with Crippen LogP contribution in [0.2, 0.25) is 5.02 Å². The fraction of sp³-hybridized carbons (Fsp3) is 0.520. The molecule has 0 bridgehead atoms. The van der Waals surface area contributed by atoms with Gasteiger partial charge >= 0.3 is 17.9 Å². The first kappa shape index (κ1) is 31.2. The van der Waals surface area contributed by atoms with Crippen molar-refractivity contribution in [3.05, 3.63) is 33.8 Å². The zero-order valence-corrected chi connectivity index (χ0v) is 24.2. The number of benzene rings is 1. The lowest BCUT2D eigenvalue weighted by molar-refractivity contribution is -0.239. The van der Waals surface area contributed by atoms with Crippen molar-refractivity contribution in [1.82, 2.24) is 19.7 Å². The average molecular weight is 601 g/mol. The third-order valence-corrected chi connectivity index (χ3v) is 6.53. The summed E-state index contributed by atoms with van der Waals surface area (Å²) in [5.41, 5.74) is 0.447. The highest BCUT2D eigenvalue weighted by atomic mass is 35.5. The van der Waals surface area contributed by atoms with E-state index in [0.29, 0.717) is 11.4 Å². The summed E-state index contributed by atoms with van der Waals surface area (Å²) in [5, 5.41) is 7.21. The molecule has 1 fully saturated rings. The van der Waals surface area contributed by atoms with Gasteiger partial charge in [0.25, 0.3) is 0 Å². The third-order valence-electron chi connectivity index (χ3n) is 5.86. The molecule has 5 atom stereocenters. The van der Waals surface area contributed by atoms with Gasteiger partial charge in [0.1, 0.15) is 24.6 Å². The molecule has 0 unspecified atom stereocenters. The molecule has 1 aromatic heterocycles. The molecular weight excluding hydrogens is 571 g/mol. The van der Waals surface area contributed by atoms with Crippen molar-refractivity contribution >= 4 is 47.6 Å². The van der Waals surface area contributed by atoms with Crippen LogP contribution in [0.25, 0.3) is 11.4 Å². The predicted octanol–water partition coefficient (Wildman–Crippen LogP) is 3.28. The fourth-order valence-corrected chi connectivity index (χ4v) is 5.00. The number of carbonyl (C=O) groups excluding carboxylic acids is 4. The van der Waals surface area contributed by atoms with E-state index in [0.717, 1.165) is 13.8 Å². The Balaban J connectivity index is 2.24. The minimum Gasteiger partial charge on any atom is -0.463 e. The maximum absolute atomic E-state index is 13.9. The lowest BCUT2D eigenvalue weighted by atomic mass is 9.95. The number of nitrogens with zero attached hydrogens (tertiary/aromatic N) is 3. The van der Waals surface area contributed by atoms with Crippen molar-refractivity contribution in [2.24, 2.45) is 0 Å². The highest BCUT2D eigenvalue weighted by molar-refractivity contribution is 7.71. The summed E-state index contributed by atoms with van der Waals surface area (Å²) in [4.78, 5) is 48.1. The van der Waals surface area contributed by atoms with Crippen LogP contribution in [0.3, 0.4) is 0 Å². The summed E-state index contributed by atoms with van der Waals surface area (Å²) < 4.78 is 39.4. The first-order valence-corrected chi connectivity index (χ1v) is 13.1. The molecule has 0 aliphatic carbocycles. The summed E-state index contributed by atoms with van der Waals surface area (Å²) in [6.45, 7) is 8.05. The number of rotatable bonds is 8. The number of hydrogen-bond acceptors (Lipinski definition) is 10. The largest absolute Gasteiger partial charge is 0.463 e. The van der Waals surface area contributed by atoms with E-state index in [9.17, 15) is 23.6 Å². The minimum atomic E-state index is -1.29. The maximum atomic E-state index is 13.9. The first-order valence-electron chi connectivity index (χ1n) is 12.3. The van der Waals surface area contributed by atoms with Crippen molar-refractivity contribution in [2.75, 3.05) is 6.61 Å². The second-order valence-electron chi connectivity index (χ2n) is 9.39. The average Bonchev–Trinajstić information content (AvgIpc) is 3.18. The molecule has 2 aromatic rings. The van der Waals surface area contributed by atoms with E-state index in [-0.39, 0.29) is 22.4 Å². The standard InChI is InChI=1S/C25H30ClFN4O8S/c1-11(2)30-23(16-7-8-18(27)17(26)9-16)29-31(25(30)40)24-20(28-12(3)32)22(38-15(6)35)21(37-14(5)34)19(39-24)10-36-13(4)33/h7-9,11,19-22,24H,10H2,1-6H3,(H,28,32)/t19-,20-,21-,22-,24-/m1/s1. The minimum absolute atomic E-state index is 0.126. The van der Waals surface area contributed by atoms with Crippen LogP contribution in [0.5, 0.6) is 0 Å². The Morgan fingerprint density at radius 1 is 1.10 bits per heavy atom. The van der Waals surface area contributed by atoms with Crippen LogP contribution in [-0.4, -0.2) is 69.1 Å². The lowest BCUT2D eigenvalue weighted by Crippen LogP contribution is -2.64. The molecule has 1 amide bonds. The molecule has 1 aliphatic rings. The van der Waals surface area contributed by atoms with E-state index in [1.54, 1.807) is 4.57 Å². The SMILES string of the molecule is CC(=O)N[C@@H]1[C@@H](OC(C)=O)[C@H](OC(C)=O)[C@@H](COC(C)=O)O[C@H]1n1nc(-c2ccc(F)c(Cl)c2)n(C(C)C)c1=S. The quantitative estimate of drug-likeness (QED) is 0.273. The van der Waals surface area contributed by atoms with Crippen LogP contribution in [-0.2, 0) is 38.1 Å². The van der Waals surface area contributed by atoms with Crippen molar-refractivity contribution in [3.63, 3.8) is 0 Å². The van der Waals surface area contributed by atoms with Gasteiger partial charge in [0.15, 0.2) is 24.3 Å². The lowest BCUT2D eigenvalue weighted by Gasteiger charge is -2.45. The second-order valence-corrected chi connectivity index (χ2v) is 10.2. The van der Waals surface area contributed by atoms with Gasteiger partial charge < -0.3 is 24.3 Å². The molecular formula is C25H30ClFN4O8S. The van der Waals surface area contributed by atoms with Crippen LogP contribution in [0.1, 0.15) is 53.8 Å². The Kier molecular flexibility index (Phi) is 10.0. The van der Waals surface area contributed by atoms with E-state index < -0.39 is 60.2 Å². The highest BCUT2D eigenvalue weighted by Gasteiger charge is 2.52. The molecule has 1 aliphatic heterocycles. The van der Waals surface area contributed by atoms with Crippen LogP contribution in [0.15, 0.2) is 18.2 Å². The van der Waals surface area contributed by atoms with Gasteiger partial charge in [0, 0.05) is 39.3 Å². The van der Waals surface area contributed by atoms with E-state index in [1.807, 2.05) is 13.8 Å². The summed E-state index contributed by atoms with van der Waals surface area (Å²) in [6, 6.07) is 2.67. The van der Waals surface area contributed by atoms with Crippen LogP contribution >= 0.6 is 23.8 Å². The molecule has 1 aromatic carbocycles. The molecule has 40 heavy (non-hydrogen) atoms. The Labute approximate surface area is 239 Å². The van der Waals surface area contributed by atoms with E-state index in [1.165, 1.54) is 36.7 Å². The smallest absolute Gasteiger partial charge is 0.303 e. The van der Waals surface area contributed by atoms with Crippen molar-refractivity contribution in [3.8, 4) is 11.4 Å². The Bertz CT molecular complexity index is 1360. The van der Waals surface area contributed by atoms with Gasteiger partial charge in [0.05, 0.1) is 5.02 Å². The number of nitrogens with one attached hydrogen (secondary N) is 1. The number of halogens is 2. The van der Waals surface area contributed by atoms with Gasteiger partial charge in [0.2, 0.25) is 10.7 Å². The Morgan fingerprint density at radius 2 is 1.73 bits per heavy atom. The Hall–Kier alpha value is -3.36. The number of amides is 1. The van der Waals surface area contributed by atoms with Crippen molar-refractivity contribution < 1.29 is 42.5 Å². The fourth-order valence-electron chi connectivity index (χ4n) is 4.37. The number of aromatic nitrogens is 3. The normalized spacial score (nSPS) is 22.5. The molecule has 1 N–H and O–H groups in total. The molecule has 3 rings (SSSR count). The molecule has 1 saturated heterocycles. The number of hydrogen-bond donors (Lipinski definition) is 1. The monoisotopic (exact) mass is 600 g/mol. The van der Waals surface area contributed by atoms with Gasteiger partial charge in [-0.1, -0.05) is 11.6 Å². The van der Waals surface area contributed by atoms with Crippen molar-refractivity contribution in [2.45, 2.75) is 78.2 Å². The predicted molar refractivity (Wildman–Crippen MR) is 141 cm³/mol. The molecule has 12 nitrogen and oxygen atoms in total. The first-order chi connectivity index (χ1) is 18.7. The second kappa shape index (κ2) is 12.9. The van der Waals surface area contributed by atoms with Gasteiger partial charge in [-0.2, -0.15) is 0 Å². The topological polar surface area (TPSA) is 140 Å². The van der Waals surface area contributed by atoms with E-state index in [4.69, 9.17) is 42.8 Å². The number of carbonyl (C=O) groups is 4. The zero-order chi connectivity index (χ0) is 29.9. The maximum Gasteiger partial charge on any atom is 0.303 e. The molecule has 0 radical (unpaired) electrons. The van der Waals surface area contributed by atoms with Crippen LogP contribution in [0.4, 0.5) is 4.39 Å². The van der Waals surface area contributed by atoms with Gasteiger partial charge in [-0.25, -0.2) is 9.07 Å². The zero-order valence-electron chi connectivity index (χ0n) is 22.7. The Morgan fingerprint density at radius 3 is 2.25 bits per heavy atom. The summed E-state index contributed by atoms with van der Waals surface area (Å²) in [5.74, 6) is -2.91. The number of ether oxygens (including phenoxy) is 4. The van der Waals surface area contributed by atoms with E-state index in [2.05, 4.69) is 10.4 Å². The van der Waals surface area contributed by atoms with Crippen LogP contribution in [0, 0.1) is 10.6 Å². The van der Waals surface area contributed by atoms with E-state index >= 15 is 0 Å². The molecule has 218 valence electrons. The summed E-state index contributed by atoms with van der Waals surface area (Å²) >= 11 is 11.8. The van der Waals surface area contributed by atoms with Crippen molar-refractivity contribution in [1.29, 1.82) is 0 Å². The number of esters is 3.